The maximum absolute atomic E-state index is 9.37. The lowest BCUT2D eigenvalue weighted by atomic mass is 9.98. The average Bonchev–Trinajstić information content (AvgIpc) is 3.73. The lowest BCUT2D eigenvalue weighted by molar-refractivity contribution is 0.669. The van der Waals surface area contributed by atoms with Crippen molar-refractivity contribution >= 4 is 32.7 Å². The summed E-state index contributed by atoms with van der Waals surface area (Å²) in [6, 6.07) is 20.9. The molecule has 4 nitrogen and oxygen atoms in total. The molecule has 0 radical (unpaired) electrons. The molecule has 10 rings (SSSR count). The highest BCUT2D eigenvalue weighted by Crippen LogP contribution is 2.39. The van der Waals surface area contributed by atoms with Crippen LogP contribution in [0.25, 0.3) is 100 Å². The van der Waals surface area contributed by atoms with E-state index in [9.17, 15) is 2.74 Å². The summed E-state index contributed by atoms with van der Waals surface area (Å²) in [4.78, 5) is 14.9. The van der Waals surface area contributed by atoms with Gasteiger partial charge in [-0.3, -0.25) is 0 Å². The summed E-state index contributed by atoms with van der Waals surface area (Å²) in [6.07, 6.45) is 0. The van der Waals surface area contributed by atoms with Crippen molar-refractivity contribution < 1.29 is 25.0 Å². The molecule has 2 aromatic heterocycles. The summed E-state index contributed by atoms with van der Waals surface area (Å²) in [5, 5.41) is 1.44. The monoisotopic (exact) mass is 692 g/mol. The summed E-state index contributed by atoms with van der Waals surface area (Å²) in [7, 11) is 0. The van der Waals surface area contributed by atoms with E-state index in [-0.39, 0.29) is 73.8 Å². The van der Waals surface area contributed by atoms with Crippen LogP contribution in [0.1, 0.15) is 20.6 Å². The predicted octanol–water partition coefficient (Wildman–Crippen LogP) is 12.9. The maximum atomic E-state index is 9.37. The van der Waals surface area contributed by atoms with E-state index < -0.39 is 78.6 Å². The molecule has 8 aromatic carbocycles. The molecular formula is C49H31N3O. The van der Waals surface area contributed by atoms with Gasteiger partial charge in [-0.05, 0) is 74.4 Å². The molecule has 0 unspecified atom stereocenters. The van der Waals surface area contributed by atoms with Crippen LogP contribution in [-0.4, -0.2) is 15.0 Å². The molecule has 0 spiro atoms. The first-order valence-corrected chi connectivity index (χ1v) is 16.5. The van der Waals surface area contributed by atoms with Crippen LogP contribution in [0.5, 0.6) is 0 Å². The Balaban J connectivity index is 1.25. The van der Waals surface area contributed by atoms with Crippen LogP contribution in [0.2, 0.25) is 0 Å². The van der Waals surface area contributed by atoms with Gasteiger partial charge in [0.1, 0.15) is 11.2 Å². The lowest BCUT2D eigenvalue weighted by Gasteiger charge is -2.13. The van der Waals surface area contributed by atoms with Gasteiger partial charge in [0.05, 0.1) is 20.6 Å². The molecule has 10 aromatic rings. The molecule has 0 saturated heterocycles. The van der Waals surface area contributed by atoms with Gasteiger partial charge in [-0.1, -0.05) is 157 Å². The van der Waals surface area contributed by atoms with Gasteiger partial charge in [0.2, 0.25) is 0 Å². The molecule has 0 fully saturated rings. The molecule has 0 bridgehead atoms. The van der Waals surface area contributed by atoms with Crippen molar-refractivity contribution in [2.24, 2.45) is 0 Å². The van der Waals surface area contributed by atoms with E-state index in [1.54, 1.807) is 30.3 Å². The topological polar surface area (TPSA) is 51.8 Å². The molecule has 0 saturated carbocycles. The molecule has 0 atom stereocenters. The van der Waals surface area contributed by atoms with Crippen LogP contribution in [-0.2, 0) is 0 Å². The fraction of sp³-hybridized carbons (Fsp3) is 0. The molecular weight excluding hydrogens is 647 g/mol. The third-order valence-corrected chi connectivity index (χ3v) is 8.91. The highest BCUT2D eigenvalue weighted by atomic mass is 16.3. The minimum Gasteiger partial charge on any atom is -0.456 e. The Hall–Kier alpha value is -7.17. The molecule has 0 aliphatic heterocycles. The second-order valence-electron chi connectivity index (χ2n) is 12.1. The number of benzene rings is 8. The van der Waals surface area contributed by atoms with E-state index in [2.05, 4.69) is 0 Å². The molecule has 0 aliphatic carbocycles. The van der Waals surface area contributed by atoms with Crippen LogP contribution in [0, 0.1) is 0 Å². The number of hydrogen-bond donors (Lipinski definition) is 0. The van der Waals surface area contributed by atoms with Crippen LogP contribution in [0.3, 0.4) is 0 Å². The van der Waals surface area contributed by atoms with Crippen LogP contribution < -0.4 is 0 Å². The van der Waals surface area contributed by atoms with E-state index in [4.69, 9.17) is 37.2 Å². The zero-order chi connectivity index (χ0) is 48.2. The fourth-order valence-corrected chi connectivity index (χ4v) is 6.42. The zero-order valence-electron chi connectivity index (χ0n) is 42.5. The van der Waals surface area contributed by atoms with Gasteiger partial charge in [0.15, 0.2) is 17.5 Å². The summed E-state index contributed by atoms with van der Waals surface area (Å²) in [5.41, 5.74) is 1.78. The van der Waals surface area contributed by atoms with Gasteiger partial charge in [0, 0.05) is 27.5 Å². The van der Waals surface area contributed by atoms with Crippen molar-refractivity contribution in [2.75, 3.05) is 0 Å². The maximum Gasteiger partial charge on any atom is 0.164 e. The second kappa shape index (κ2) is 12.9. The quantitative estimate of drug-likeness (QED) is 0.174. The Morgan fingerprint density at radius 1 is 0.396 bits per heavy atom. The molecule has 248 valence electrons. The first kappa shape index (κ1) is 18.9. The first-order valence-electron chi connectivity index (χ1n) is 24.0. The van der Waals surface area contributed by atoms with Gasteiger partial charge in [-0.2, -0.15) is 0 Å². The standard InChI is InChI=1S/C49H31N3O/c1-4-13-32(14-5-1)36-25-23-34-24-26-38(30-39(34)29-36)47-50-48(41-20-11-10-19-40(41)35-17-8-3-9-18-35)52-49(51-47)43-21-12-22-44-46(43)42-28-27-37(31-45(42)53-44)33-15-6-2-7-16-33/h1-31H/i1D,2D,4D,5D,6D,7D,12D,13D,14D,15D,16D,21D,22D,27D,31D. The Labute approximate surface area is 327 Å². The van der Waals surface area contributed by atoms with Crippen LogP contribution in [0.4, 0.5) is 0 Å². The Morgan fingerprint density at radius 2 is 1.04 bits per heavy atom. The van der Waals surface area contributed by atoms with Gasteiger partial charge < -0.3 is 4.42 Å². The van der Waals surface area contributed by atoms with E-state index in [1.165, 1.54) is 6.07 Å². The zero-order valence-corrected chi connectivity index (χ0v) is 27.5. The third kappa shape index (κ3) is 5.63. The highest BCUT2D eigenvalue weighted by Gasteiger charge is 2.20. The molecule has 2 heterocycles. The Morgan fingerprint density at radius 3 is 1.81 bits per heavy atom. The van der Waals surface area contributed by atoms with Crippen LogP contribution >= 0.6 is 0 Å². The van der Waals surface area contributed by atoms with E-state index in [0.717, 1.165) is 16.5 Å². The lowest BCUT2D eigenvalue weighted by Crippen LogP contribution is -2.01. The molecule has 0 N–H and O–H groups in total. The number of aromatic nitrogens is 3. The molecule has 0 amide bonds. The number of furan rings is 1. The predicted molar refractivity (Wildman–Crippen MR) is 217 cm³/mol. The van der Waals surface area contributed by atoms with Crippen molar-refractivity contribution in [3.05, 3.63) is 188 Å². The number of fused-ring (bicyclic) bond motifs is 4. The van der Waals surface area contributed by atoms with Crippen molar-refractivity contribution in [3.8, 4) is 67.5 Å². The van der Waals surface area contributed by atoms with Gasteiger partial charge in [-0.25, -0.2) is 15.0 Å². The SMILES string of the molecule is [2H]c1cc2c(oc3c([2H])c([2H])c([2H])c(-c4nc(-c5ccc6ccc(-c7c([2H])c([2H])c([2H])c([2H])c7[2H])cc6c5)nc(-c5ccccc5-c5ccccc5)n4)c32)c([2H])c1-c1c([2H])c([2H])c([2H])c([2H])c1[2H]. The average molecular weight is 693 g/mol. The summed E-state index contributed by atoms with van der Waals surface area (Å²) < 4.78 is 135. The minimum atomic E-state index is -0.658. The number of rotatable bonds is 6. The third-order valence-electron chi connectivity index (χ3n) is 8.91. The van der Waals surface area contributed by atoms with Gasteiger partial charge in [-0.15, -0.1) is 0 Å². The molecule has 0 aliphatic rings. The normalized spacial score (nSPS) is 15.4. The van der Waals surface area contributed by atoms with Crippen molar-refractivity contribution in [1.29, 1.82) is 0 Å². The van der Waals surface area contributed by atoms with Crippen molar-refractivity contribution in [2.45, 2.75) is 0 Å². The first-order chi connectivity index (χ1) is 32.5. The van der Waals surface area contributed by atoms with E-state index in [1.807, 2.05) is 60.7 Å². The number of nitrogens with zero attached hydrogens (tertiary/aromatic N) is 3. The van der Waals surface area contributed by atoms with Gasteiger partial charge in [0.25, 0.3) is 0 Å². The van der Waals surface area contributed by atoms with E-state index in [0.29, 0.717) is 22.1 Å². The summed E-state index contributed by atoms with van der Waals surface area (Å²) in [5.74, 6) is 0.139. The minimum absolute atomic E-state index is 0.0287. The summed E-state index contributed by atoms with van der Waals surface area (Å²) in [6.45, 7) is 0. The second-order valence-corrected chi connectivity index (χ2v) is 12.1. The summed E-state index contributed by atoms with van der Waals surface area (Å²) >= 11 is 0. The molecule has 53 heavy (non-hydrogen) atoms. The largest absolute Gasteiger partial charge is 0.456 e. The Bertz CT molecular complexity index is 3760. The Kier molecular flexibility index (Phi) is 4.58. The smallest absolute Gasteiger partial charge is 0.164 e. The van der Waals surface area contributed by atoms with E-state index >= 15 is 0 Å². The van der Waals surface area contributed by atoms with Gasteiger partial charge >= 0.3 is 0 Å². The highest BCUT2D eigenvalue weighted by molar-refractivity contribution is 6.12. The van der Waals surface area contributed by atoms with Crippen molar-refractivity contribution in [3.63, 3.8) is 0 Å². The van der Waals surface area contributed by atoms with Crippen LogP contribution in [0.15, 0.2) is 192 Å². The number of hydrogen-bond acceptors (Lipinski definition) is 4. The fourth-order valence-electron chi connectivity index (χ4n) is 6.42. The van der Waals surface area contributed by atoms with Crippen molar-refractivity contribution in [1.82, 2.24) is 15.0 Å². The molecule has 4 heteroatoms.